The lowest BCUT2D eigenvalue weighted by Gasteiger charge is -2.07. The fraction of sp³-hybridized carbons (Fsp3) is 0.200. The second-order valence-electron chi connectivity index (χ2n) is 3.25. The number of hydrogen-bond donors (Lipinski definition) is 1. The Hall–Kier alpha value is -1.85. The number of benzene rings is 1. The van der Waals surface area contributed by atoms with Gasteiger partial charge in [-0.25, -0.2) is 12.8 Å². The molecule has 6 nitrogen and oxygen atoms in total. The van der Waals surface area contributed by atoms with Crippen LogP contribution in [-0.4, -0.2) is 27.5 Å². The standard InChI is InChI=1S/C10H8ClFN2O4S/c11-19(16,17)7-1-2-9(8(12)5-7)18-6-10(15)14-4-3-13/h1-2,5H,4,6H2,(H,14,15). The van der Waals surface area contributed by atoms with Crippen molar-refractivity contribution < 1.29 is 22.3 Å². The van der Waals surface area contributed by atoms with Crippen LogP contribution in [-0.2, 0) is 13.8 Å². The van der Waals surface area contributed by atoms with Gasteiger partial charge in [-0.05, 0) is 18.2 Å². The Morgan fingerprint density at radius 3 is 2.74 bits per heavy atom. The maximum atomic E-state index is 13.5. The van der Waals surface area contributed by atoms with Gasteiger partial charge in [0.15, 0.2) is 18.2 Å². The van der Waals surface area contributed by atoms with E-state index in [9.17, 15) is 17.6 Å². The fourth-order valence-corrected chi connectivity index (χ4v) is 1.85. The highest BCUT2D eigenvalue weighted by molar-refractivity contribution is 8.13. The van der Waals surface area contributed by atoms with Gasteiger partial charge in [-0.2, -0.15) is 5.26 Å². The first-order chi connectivity index (χ1) is 8.84. The summed E-state index contributed by atoms with van der Waals surface area (Å²) in [6.07, 6.45) is 0. The highest BCUT2D eigenvalue weighted by Crippen LogP contribution is 2.23. The molecule has 0 aliphatic rings. The number of carbonyl (C=O) groups excluding carboxylic acids is 1. The monoisotopic (exact) mass is 306 g/mol. The van der Waals surface area contributed by atoms with Crippen molar-refractivity contribution in [2.45, 2.75) is 4.90 Å². The molecule has 0 saturated carbocycles. The topological polar surface area (TPSA) is 96.3 Å². The van der Waals surface area contributed by atoms with Crippen LogP contribution in [0.15, 0.2) is 23.1 Å². The molecule has 0 unspecified atom stereocenters. The number of amides is 1. The number of nitrogens with one attached hydrogen (secondary N) is 1. The molecule has 1 N–H and O–H groups in total. The minimum Gasteiger partial charge on any atom is -0.481 e. The van der Waals surface area contributed by atoms with E-state index in [4.69, 9.17) is 20.7 Å². The quantitative estimate of drug-likeness (QED) is 0.640. The molecule has 0 fully saturated rings. The van der Waals surface area contributed by atoms with Gasteiger partial charge in [-0.1, -0.05) is 0 Å². The molecular weight excluding hydrogens is 299 g/mol. The summed E-state index contributed by atoms with van der Waals surface area (Å²) in [6, 6.07) is 4.47. The zero-order valence-corrected chi connectivity index (χ0v) is 11.0. The molecule has 19 heavy (non-hydrogen) atoms. The molecule has 0 spiro atoms. The summed E-state index contributed by atoms with van der Waals surface area (Å²) in [4.78, 5) is 10.7. The second kappa shape index (κ2) is 6.36. The first-order valence-corrected chi connectivity index (χ1v) is 7.16. The smallest absolute Gasteiger partial charge is 0.261 e. The van der Waals surface area contributed by atoms with Crippen LogP contribution in [0, 0.1) is 17.1 Å². The van der Waals surface area contributed by atoms with Gasteiger partial charge in [0.1, 0.15) is 6.54 Å². The van der Waals surface area contributed by atoms with Gasteiger partial charge in [-0.15, -0.1) is 0 Å². The molecule has 1 aromatic rings. The van der Waals surface area contributed by atoms with E-state index in [0.717, 1.165) is 12.1 Å². The molecule has 102 valence electrons. The zero-order chi connectivity index (χ0) is 14.5. The summed E-state index contributed by atoms with van der Waals surface area (Å²) in [7, 11) is 1.01. The molecule has 0 atom stereocenters. The lowest BCUT2D eigenvalue weighted by Crippen LogP contribution is -2.29. The lowest BCUT2D eigenvalue weighted by molar-refractivity contribution is -0.122. The molecule has 9 heteroatoms. The SMILES string of the molecule is N#CCNC(=O)COc1ccc(S(=O)(=O)Cl)cc1F. The van der Waals surface area contributed by atoms with E-state index in [2.05, 4.69) is 5.32 Å². The Morgan fingerprint density at radius 2 is 2.21 bits per heavy atom. The van der Waals surface area contributed by atoms with E-state index in [-0.39, 0.29) is 12.3 Å². The van der Waals surface area contributed by atoms with Gasteiger partial charge in [-0.3, -0.25) is 4.79 Å². The van der Waals surface area contributed by atoms with Gasteiger partial charge in [0.05, 0.1) is 11.0 Å². The van der Waals surface area contributed by atoms with Crippen molar-refractivity contribution in [3.05, 3.63) is 24.0 Å². The average Bonchev–Trinajstić information content (AvgIpc) is 2.33. The van der Waals surface area contributed by atoms with Crippen molar-refractivity contribution in [2.75, 3.05) is 13.2 Å². The molecule has 0 bridgehead atoms. The molecular formula is C10H8ClFN2O4S. The van der Waals surface area contributed by atoms with Crippen LogP contribution in [0.3, 0.4) is 0 Å². The Kier molecular flexibility index (Phi) is 5.09. The van der Waals surface area contributed by atoms with Crippen LogP contribution in [0.1, 0.15) is 0 Å². The minimum absolute atomic E-state index is 0.186. The first-order valence-electron chi connectivity index (χ1n) is 4.85. The normalized spacial score (nSPS) is 10.6. The van der Waals surface area contributed by atoms with Crippen molar-refractivity contribution in [1.29, 1.82) is 5.26 Å². The molecule has 0 radical (unpaired) electrons. The van der Waals surface area contributed by atoms with Gasteiger partial charge >= 0.3 is 0 Å². The summed E-state index contributed by atoms with van der Waals surface area (Å²) in [5, 5.41) is 10.4. The predicted octanol–water partition coefficient (Wildman–Crippen LogP) is 0.772. The average molecular weight is 307 g/mol. The number of hydrogen-bond acceptors (Lipinski definition) is 5. The van der Waals surface area contributed by atoms with E-state index in [1.54, 1.807) is 6.07 Å². The Morgan fingerprint density at radius 1 is 1.53 bits per heavy atom. The lowest BCUT2D eigenvalue weighted by atomic mass is 10.3. The maximum Gasteiger partial charge on any atom is 0.261 e. The van der Waals surface area contributed by atoms with Gasteiger partial charge in [0, 0.05) is 10.7 Å². The number of ether oxygens (including phenoxy) is 1. The molecule has 0 aliphatic heterocycles. The zero-order valence-electron chi connectivity index (χ0n) is 9.39. The summed E-state index contributed by atoms with van der Waals surface area (Å²) in [6.45, 7) is -0.681. The van der Waals surface area contributed by atoms with Crippen LogP contribution in [0.25, 0.3) is 0 Å². The summed E-state index contributed by atoms with van der Waals surface area (Å²) >= 11 is 0. The van der Waals surface area contributed by atoms with Crippen LogP contribution >= 0.6 is 10.7 Å². The Labute approximate surface area is 113 Å². The van der Waals surface area contributed by atoms with Crippen LogP contribution in [0.4, 0.5) is 4.39 Å². The summed E-state index contributed by atoms with van der Waals surface area (Å²) in [5.41, 5.74) is 0. The highest BCUT2D eigenvalue weighted by Gasteiger charge is 2.14. The third kappa shape index (κ3) is 4.73. The molecule has 0 aromatic heterocycles. The van der Waals surface area contributed by atoms with Crippen molar-refractivity contribution in [2.24, 2.45) is 0 Å². The van der Waals surface area contributed by atoms with E-state index in [1.165, 1.54) is 0 Å². The van der Waals surface area contributed by atoms with E-state index < -0.39 is 32.3 Å². The van der Waals surface area contributed by atoms with E-state index >= 15 is 0 Å². The van der Waals surface area contributed by atoms with Crippen LogP contribution < -0.4 is 10.1 Å². The highest BCUT2D eigenvalue weighted by atomic mass is 35.7. The van der Waals surface area contributed by atoms with Crippen molar-refractivity contribution in [3.8, 4) is 11.8 Å². The van der Waals surface area contributed by atoms with Gasteiger partial charge < -0.3 is 10.1 Å². The molecule has 0 aliphatic carbocycles. The molecule has 0 saturated heterocycles. The predicted molar refractivity (Wildman–Crippen MR) is 63.6 cm³/mol. The number of rotatable bonds is 5. The summed E-state index contributed by atoms with van der Waals surface area (Å²) in [5.74, 6) is -1.86. The molecule has 1 amide bonds. The first kappa shape index (κ1) is 15.2. The second-order valence-corrected chi connectivity index (χ2v) is 5.82. The van der Waals surface area contributed by atoms with Gasteiger partial charge in [0.2, 0.25) is 0 Å². The summed E-state index contributed by atoms with van der Waals surface area (Å²) < 4.78 is 40.2. The van der Waals surface area contributed by atoms with Crippen molar-refractivity contribution in [3.63, 3.8) is 0 Å². The third-order valence-electron chi connectivity index (χ3n) is 1.91. The number of halogens is 2. The van der Waals surface area contributed by atoms with E-state index in [0.29, 0.717) is 6.07 Å². The third-order valence-corrected chi connectivity index (χ3v) is 3.26. The number of nitriles is 1. The molecule has 1 aromatic carbocycles. The Bertz CT molecular complexity index is 627. The number of carbonyl (C=O) groups is 1. The van der Waals surface area contributed by atoms with Crippen LogP contribution in [0.5, 0.6) is 5.75 Å². The van der Waals surface area contributed by atoms with E-state index in [1.807, 2.05) is 0 Å². The maximum absolute atomic E-state index is 13.5. The van der Waals surface area contributed by atoms with Crippen molar-refractivity contribution >= 4 is 25.6 Å². The Balaban J connectivity index is 2.71. The molecule has 0 heterocycles. The number of nitrogens with zero attached hydrogens (tertiary/aromatic N) is 1. The molecule has 1 rings (SSSR count). The minimum atomic E-state index is -4.02. The van der Waals surface area contributed by atoms with Crippen molar-refractivity contribution in [1.82, 2.24) is 5.32 Å². The van der Waals surface area contributed by atoms with Gasteiger partial charge in [0.25, 0.3) is 15.0 Å². The fourth-order valence-electron chi connectivity index (χ4n) is 1.08. The van der Waals surface area contributed by atoms with Crippen LogP contribution in [0.2, 0.25) is 0 Å². The largest absolute Gasteiger partial charge is 0.481 e.